The quantitative estimate of drug-likeness (QED) is 0.811. The summed E-state index contributed by atoms with van der Waals surface area (Å²) in [6.45, 7) is 1.92. The van der Waals surface area contributed by atoms with Crippen LogP contribution in [0.5, 0.6) is 0 Å². The zero-order valence-corrected chi connectivity index (χ0v) is 9.34. The molecule has 0 radical (unpaired) electrons. The van der Waals surface area contributed by atoms with Crippen LogP contribution in [0.2, 0.25) is 0 Å². The highest BCUT2D eigenvalue weighted by atomic mass is 32.2. The fourth-order valence-corrected chi connectivity index (χ4v) is 2.43. The van der Waals surface area contributed by atoms with E-state index in [0.29, 0.717) is 0 Å². The van der Waals surface area contributed by atoms with Gasteiger partial charge in [-0.2, -0.15) is 0 Å². The Balaban J connectivity index is 1.88. The minimum atomic E-state index is -0.0695. The van der Waals surface area contributed by atoms with Crippen molar-refractivity contribution < 1.29 is 9.21 Å². The number of carbonyl (C=O) groups is 1. The second-order valence-corrected chi connectivity index (χ2v) is 4.55. The molecule has 1 aliphatic rings. The van der Waals surface area contributed by atoms with Crippen molar-refractivity contribution in [1.29, 1.82) is 0 Å². The normalized spacial score (nSPS) is 22.6. The number of carbonyl (C=O) groups excluding carboxylic acids is 1. The second-order valence-electron chi connectivity index (χ2n) is 3.52. The summed E-state index contributed by atoms with van der Waals surface area (Å²) in [5.74, 6) is 2.53. The molecule has 1 saturated heterocycles. The van der Waals surface area contributed by atoms with Crippen molar-refractivity contribution in [2.24, 2.45) is 0 Å². The number of rotatable bonds is 3. The van der Waals surface area contributed by atoms with Crippen molar-refractivity contribution in [1.82, 2.24) is 10.6 Å². The maximum Gasteiger partial charge on any atom is 0.238 e. The summed E-state index contributed by atoms with van der Waals surface area (Å²) in [7, 11) is 0. The molecular weight excluding hydrogens is 212 g/mol. The summed E-state index contributed by atoms with van der Waals surface area (Å²) in [6, 6.07) is 3.55. The van der Waals surface area contributed by atoms with Crippen molar-refractivity contribution in [3.8, 4) is 0 Å². The first-order valence-electron chi connectivity index (χ1n) is 4.92. The first kappa shape index (κ1) is 10.6. The van der Waals surface area contributed by atoms with Crippen LogP contribution in [0.25, 0.3) is 0 Å². The van der Waals surface area contributed by atoms with Gasteiger partial charge in [-0.25, -0.2) is 0 Å². The Hall–Kier alpha value is -0.940. The van der Waals surface area contributed by atoms with Gasteiger partial charge in [0.15, 0.2) is 0 Å². The van der Waals surface area contributed by atoms with Crippen molar-refractivity contribution in [3.63, 3.8) is 0 Å². The number of nitrogens with one attached hydrogen (secondary N) is 2. The Labute approximate surface area is 92.8 Å². The maximum atomic E-state index is 11.7. The van der Waals surface area contributed by atoms with Crippen molar-refractivity contribution >= 4 is 17.7 Å². The lowest BCUT2D eigenvalue weighted by Crippen LogP contribution is -2.42. The number of amides is 1. The summed E-state index contributed by atoms with van der Waals surface area (Å²) >= 11 is 1.74. The molecule has 0 bridgehead atoms. The molecule has 1 unspecified atom stereocenters. The van der Waals surface area contributed by atoms with E-state index in [9.17, 15) is 4.79 Å². The van der Waals surface area contributed by atoms with Gasteiger partial charge in [-0.1, -0.05) is 0 Å². The fraction of sp³-hybridized carbons (Fsp3) is 0.500. The van der Waals surface area contributed by atoms with Gasteiger partial charge in [-0.05, 0) is 19.1 Å². The van der Waals surface area contributed by atoms with E-state index in [-0.39, 0.29) is 18.0 Å². The predicted octanol–water partition coefficient (Wildman–Crippen LogP) is 1.12. The van der Waals surface area contributed by atoms with E-state index in [4.69, 9.17) is 4.42 Å². The van der Waals surface area contributed by atoms with Crippen LogP contribution in [-0.4, -0.2) is 23.6 Å². The van der Waals surface area contributed by atoms with Crippen molar-refractivity contribution in [2.45, 2.75) is 19.0 Å². The monoisotopic (exact) mass is 226 g/mol. The highest BCUT2D eigenvalue weighted by molar-refractivity contribution is 7.99. The summed E-state index contributed by atoms with van der Waals surface area (Å²) in [5, 5.41) is 6.04. The van der Waals surface area contributed by atoms with Crippen LogP contribution in [0.1, 0.15) is 18.7 Å². The third-order valence-corrected chi connectivity index (χ3v) is 3.30. The number of thioether (sulfide) groups is 1. The Morgan fingerprint density at radius 3 is 3.27 bits per heavy atom. The minimum absolute atomic E-state index is 0.0453. The SMILES string of the molecule is C[C@H](NC(=O)C1CSCN1)c1ccco1. The van der Waals surface area contributed by atoms with Gasteiger partial charge in [-0.3, -0.25) is 10.1 Å². The van der Waals surface area contributed by atoms with Gasteiger partial charge >= 0.3 is 0 Å². The average molecular weight is 226 g/mol. The van der Waals surface area contributed by atoms with Crippen molar-refractivity contribution in [3.05, 3.63) is 24.2 Å². The van der Waals surface area contributed by atoms with Gasteiger partial charge in [0.05, 0.1) is 18.3 Å². The van der Waals surface area contributed by atoms with Gasteiger partial charge in [0, 0.05) is 11.6 Å². The number of furan rings is 1. The molecule has 1 aromatic rings. The van der Waals surface area contributed by atoms with Gasteiger partial charge in [-0.15, -0.1) is 11.8 Å². The highest BCUT2D eigenvalue weighted by Gasteiger charge is 2.24. The van der Waals surface area contributed by atoms with Gasteiger partial charge in [0.25, 0.3) is 0 Å². The molecule has 1 fully saturated rings. The van der Waals surface area contributed by atoms with Crippen LogP contribution in [0.4, 0.5) is 0 Å². The molecule has 1 aliphatic heterocycles. The van der Waals surface area contributed by atoms with E-state index in [1.807, 2.05) is 19.1 Å². The topological polar surface area (TPSA) is 54.3 Å². The summed E-state index contributed by atoms with van der Waals surface area (Å²) in [6.07, 6.45) is 1.61. The van der Waals surface area contributed by atoms with E-state index in [1.54, 1.807) is 18.0 Å². The molecule has 1 amide bonds. The third kappa shape index (κ3) is 2.54. The maximum absolute atomic E-state index is 11.7. The third-order valence-electron chi connectivity index (χ3n) is 2.36. The molecule has 0 saturated carbocycles. The van der Waals surface area contributed by atoms with Gasteiger partial charge < -0.3 is 9.73 Å². The van der Waals surface area contributed by atoms with E-state index in [1.165, 1.54) is 0 Å². The first-order chi connectivity index (χ1) is 7.27. The largest absolute Gasteiger partial charge is 0.467 e. The smallest absolute Gasteiger partial charge is 0.238 e. The summed E-state index contributed by atoms with van der Waals surface area (Å²) < 4.78 is 5.22. The fourth-order valence-electron chi connectivity index (χ4n) is 1.49. The molecule has 2 heterocycles. The van der Waals surface area contributed by atoms with Gasteiger partial charge in [0.1, 0.15) is 5.76 Å². The molecule has 5 heteroatoms. The number of hydrogen-bond acceptors (Lipinski definition) is 4. The molecule has 0 spiro atoms. The lowest BCUT2D eigenvalue weighted by atomic mass is 10.2. The molecule has 2 rings (SSSR count). The van der Waals surface area contributed by atoms with E-state index in [2.05, 4.69) is 10.6 Å². The zero-order valence-electron chi connectivity index (χ0n) is 8.53. The van der Waals surface area contributed by atoms with Crippen LogP contribution in [-0.2, 0) is 4.79 Å². The molecule has 2 N–H and O–H groups in total. The molecule has 15 heavy (non-hydrogen) atoms. The molecular formula is C10H14N2O2S. The molecule has 4 nitrogen and oxygen atoms in total. The lowest BCUT2D eigenvalue weighted by molar-refractivity contribution is -0.123. The average Bonchev–Trinajstić information content (AvgIpc) is 2.91. The standard InChI is InChI=1S/C10H14N2O2S/c1-7(9-3-2-4-14-9)12-10(13)8-5-15-6-11-8/h2-4,7-8,11H,5-6H2,1H3,(H,12,13)/t7-,8?/m0/s1. The highest BCUT2D eigenvalue weighted by Crippen LogP contribution is 2.14. The molecule has 82 valence electrons. The molecule has 2 atom stereocenters. The molecule has 0 aromatic carbocycles. The summed E-state index contributed by atoms with van der Waals surface area (Å²) in [5.41, 5.74) is 0. The van der Waals surface area contributed by atoms with Crippen LogP contribution in [0.3, 0.4) is 0 Å². The minimum Gasteiger partial charge on any atom is -0.467 e. The van der Waals surface area contributed by atoms with E-state index < -0.39 is 0 Å². The van der Waals surface area contributed by atoms with Crippen molar-refractivity contribution in [2.75, 3.05) is 11.6 Å². The molecule has 1 aromatic heterocycles. The van der Waals surface area contributed by atoms with E-state index >= 15 is 0 Å². The zero-order chi connectivity index (χ0) is 10.7. The van der Waals surface area contributed by atoms with Crippen LogP contribution in [0, 0.1) is 0 Å². The Bertz CT molecular complexity index is 320. The van der Waals surface area contributed by atoms with Crippen LogP contribution in [0.15, 0.2) is 22.8 Å². The lowest BCUT2D eigenvalue weighted by Gasteiger charge is -2.14. The van der Waals surface area contributed by atoms with E-state index in [0.717, 1.165) is 17.4 Å². The van der Waals surface area contributed by atoms with Crippen LogP contribution < -0.4 is 10.6 Å². The van der Waals surface area contributed by atoms with Crippen LogP contribution >= 0.6 is 11.8 Å². The number of hydrogen-bond donors (Lipinski definition) is 2. The Kier molecular flexibility index (Phi) is 3.33. The Morgan fingerprint density at radius 1 is 1.80 bits per heavy atom. The summed E-state index contributed by atoms with van der Waals surface area (Å²) in [4.78, 5) is 11.7. The Morgan fingerprint density at radius 2 is 2.67 bits per heavy atom. The van der Waals surface area contributed by atoms with Gasteiger partial charge in [0.2, 0.25) is 5.91 Å². The predicted molar refractivity (Wildman–Crippen MR) is 59.5 cm³/mol. The second kappa shape index (κ2) is 4.72. The first-order valence-corrected chi connectivity index (χ1v) is 6.08. The molecule has 0 aliphatic carbocycles.